The zero-order valence-corrected chi connectivity index (χ0v) is 24.1. The smallest absolute Gasteiger partial charge is 0.231 e. The molecule has 5 rings (SSSR count). The summed E-state index contributed by atoms with van der Waals surface area (Å²) in [6.45, 7) is 9.05. The van der Waals surface area contributed by atoms with E-state index in [4.69, 9.17) is 4.74 Å². The number of carbonyl (C=O) groups excluding carboxylic acids is 2. The molecule has 2 aromatic carbocycles. The fourth-order valence-corrected chi connectivity index (χ4v) is 5.87. The Labute approximate surface area is 244 Å². The van der Waals surface area contributed by atoms with Gasteiger partial charge in [-0.05, 0) is 48.7 Å². The van der Waals surface area contributed by atoms with Gasteiger partial charge < -0.3 is 24.4 Å². The van der Waals surface area contributed by atoms with E-state index in [0.717, 1.165) is 30.4 Å². The number of halogens is 2. The van der Waals surface area contributed by atoms with Gasteiger partial charge in [-0.25, -0.2) is 13.8 Å². The maximum atomic E-state index is 14.9. The number of morpholine rings is 1. The van der Waals surface area contributed by atoms with E-state index in [9.17, 15) is 18.4 Å². The van der Waals surface area contributed by atoms with Crippen LogP contribution in [-0.4, -0.2) is 78.7 Å². The van der Waals surface area contributed by atoms with Crippen LogP contribution in [0.25, 0.3) is 0 Å². The number of likely N-dealkylation sites (tertiary alicyclic amines) is 1. The van der Waals surface area contributed by atoms with Gasteiger partial charge in [-0.1, -0.05) is 18.2 Å². The van der Waals surface area contributed by atoms with E-state index in [2.05, 4.69) is 50.5 Å². The van der Waals surface area contributed by atoms with E-state index in [1.165, 1.54) is 24.6 Å². The lowest BCUT2D eigenvalue weighted by Gasteiger charge is -2.31. The number of aryl methyl sites for hydroxylation is 1. The summed E-state index contributed by atoms with van der Waals surface area (Å²) >= 11 is 0. The summed E-state index contributed by atoms with van der Waals surface area (Å²) in [6, 6.07) is 9.89. The van der Waals surface area contributed by atoms with Gasteiger partial charge in [0, 0.05) is 69.7 Å². The van der Waals surface area contributed by atoms with Gasteiger partial charge >= 0.3 is 0 Å². The van der Waals surface area contributed by atoms with Crippen LogP contribution in [0.1, 0.15) is 36.0 Å². The minimum atomic E-state index is -0.658. The van der Waals surface area contributed by atoms with Crippen LogP contribution >= 0.6 is 0 Å². The van der Waals surface area contributed by atoms with Gasteiger partial charge in [0.15, 0.2) is 0 Å². The maximum Gasteiger partial charge on any atom is 0.231 e. The molecular weight excluding hydrogens is 542 g/mol. The van der Waals surface area contributed by atoms with Gasteiger partial charge in [-0.2, -0.15) is 0 Å². The number of hydrogen-bond donors (Lipinski definition) is 2. The van der Waals surface area contributed by atoms with Crippen molar-refractivity contribution in [1.29, 1.82) is 0 Å². The van der Waals surface area contributed by atoms with E-state index in [-0.39, 0.29) is 11.8 Å². The monoisotopic (exact) mass is 580 g/mol. The van der Waals surface area contributed by atoms with E-state index in [1.807, 2.05) is 10.8 Å². The van der Waals surface area contributed by atoms with Crippen molar-refractivity contribution in [2.45, 2.75) is 32.7 Å². The number of rotatable bonds is 10. The van der Waals surface area contributed by atoms with Gasteiger partial charge in [0.25, 0.3) is 0 Å². The van der Waals surface area contributed by atoms with Crippen molar-refractivity contribution in [3.05, 3.63) is 77.1 Å². The molecule has 3 heterocycles. The number of amides is 2. The summed E-state index contributed by atoms with van der Waals surface area (Å²) in [4.78, 5) is 33.8. The van der Waals surface area contributed by atoms with Crippen LogP contribution in [0.2, 0.25) is 0 Å². The van der Waals surface area contributed by atoms with Crippen molar-refractivity contribution in [1.82, 2.24) is 19.8 Å². The molecule has 0 radical (unpaired) electrons. The van der Waals surface area contributed by atoms with E-state index in [0.29, 0.717) is 63.9 Å². The van der Waals surface area contributed by atoms with Crippen molar-refractivity contribution in [2.24, 2.45) is 5.92 Å². The average molecular weight is 581 g/mol. The summed E-state index contributed by atoms with van der Waals surface area (Å²) in [5.74, 6) is -2.29. The molecule has 2 saturated heterocycles. The van der Waals surface area contributed by atoms with Gasteiger partial charge in [0.2, 0.25) is 17.8 Å². The molecule has 42 heavy (non-hydrogen) atoms. The van der Waals surface area contributed by atoms with Crippen LogP contribution in [0.15, 0.2) is 48.8 Å². The number of nitrogens with one attached hydrogen (secondary N) is 2. The Balaban J connectivity index is 1.33. The number of carbonyl (C=O) groups is 2. The van der Waals surface area contributed by atoms with E-state index < -0.39 is 23.5 Å². The van der Waals surface area contributed by atoms with Crippen LogP contribution in [-0.2, 0) is 20.9 Å². The number of ether oxygens (including phenoxy) is 1. The molecule has 0 saturated carbocycles. The van der Waals surface area contributed by atoms with Crippen LogP contribution < -0.4 is 15.5 Å². The van der Waals surface area contributed by atoms with E-state index >= 15 is 0 Å². The summed E-state index contributed by atoms with van der Waals surface area (Å²) in [6.07, 6.45) is 4.18. The van der Waals surface area contributed by atoms with Gasteiger partial charge in [0.05, 0.1) is 25.7 Å². The molecule has 2 aliphatic rings. The molecule has 2 amide bonds. The zero-order chi connectivity index (χ0) is 29.6. The first-order chi connectivity index (χ1) is 20.3. The predicted molar refractivity (Wildman–Crippen MR) is 156 cm³/mol. The zero-order valence-electron chi connectivity index (χ0n) is 24.1. The number of benzene rings is 2. The first-order valence-corrected chi connectivity index (χ1v) is 14.4. The van der Waals surface area contributed by atoms with Crippen LogP contribution in [0.3, 0.4) is 0 Å². The maximum absolute atomic E-state index is 14.9. The molecule has 9 nitrogen and oxygen atoms in total. The highest BCUT2D eigenvalue weighted by Gasteiger charge is 2.40. The lowest BCUT2D eigenvalue weighted by Crippen LogP contribution is -2.37. The number of hydrogen-bond acceptors (Lipinski definition) is 6. The largest absolute Gasteiger partial charge is 0.378 e. The Morgan fingerprint density at radius 2 is 1.90 bits per heavy atom. The lowest BCUT2D eigenvalue weighted by atomic mass is 9.88. The van der Waals surface area contributed by atoms with Crippen LogP contribution in [0, 0.1) is 24.5 Å². The minimum Gasteiger partial charge on any atom is -0.378 e. The van der Waals surface area contributed by atoms with Crippen molar-refractivity contribution >= 4 is 23.5 Å². The highest BCUT2D eigenvalue weighted by atomic mass is 19.1. The highest BCUT2D eigenvalue weighted by molar-refractivity contribution is 5.92. The summed E-state index contributed by atoms with van der Waals surface area (Å²) in [5.41, 5.74) is 3.73. The average Bonchev–Trinajstić information content (AvgIpc) is 3.59. The molecule has 2 fully saturated rings. The molecule has 0 aliphatic carbocycles. The Morgan fingerprint density at radius 1 is 1.10 bits per heavy atom. The number of nitrogens with zero attached hydrogens (tertiary/aromatic N) is 4. The van der Waals surface area contributed by atoms with Gasteiger partial charge in [0.1, 0.15) is 11.6 Å². The molecule has 2 atom stereocenters. The standard InChI is InChI=1S/C31H38F2N6O3/c1-21-4-5-23(29(16-21)38-12-14-42-15-13-38)18-39-11-9-35-31(39)36-30(41)27-20-37(10-3-8-34-22(2)40)19-26(27)25-7-6-24(32)17-28(25)33/h4-7,9,11,16-17,26-27H,3,8,10,12-15,18-20H2,1-2H3,(H,34,40)(H,35,36,41)/t26-,27+/m0/s1. The van der Waals surface area contributed by atoms with Crippen molar-refractivity contribution in [3.8, 4) is 0 Å². The second-order valence-electron chi connectivity index (χ2n) is 11.1. The van der Waals surface area contributed by atoms with Crippen molar-refractivity contribution < 1.29 is 23.1 Å². The first-order valence-electron chi connectivity index (χ1n) is 14.4. The molecule has 3 aromatic rings. The SMILES string of the molecule is CC(=O)NCCCN1C[C@@H](C(=O)Nc2nccn2Cc2ccc(C)cc2N2CCOCC2)[C@H](c2ccc(F)cc2F)C1. The quantitative estimate of drug-likeness (QED) is 0.357. The predicted octanol–water partition coefficient (Wildman–Crippen LogP) is 3.53. The molecule has 0 unspecified atom stereocenters. The Morgan fingerprint density at radius 3 is 2.67 bits per heavy atom. The molecule has 0 spiro atoms. The molecule has 224 valence electrons. The lowest BCUT2D eigenvalue weighted by molar-refractivity contribution is -0.120. The van der Waals surface area contributed by atoms with Crippen molar-refractivity contribution in [2.75, 3.05) is 62.7 Å². The third-order valence-electron chi connectivity index (χ3n) is 8.00. The first kappa shape index (κ1) is 29.7. The number of anilines is 2. The Bertz CT molecular complexity index is 1410. The molecular formula is C31H38F2N6O3. The fourth-order valence-electron chi connectivity index (χ4n) is 5.87. The normalized spacial score (nSPS) is 19.2. The highest BCUT2D eigenvalue weighted by Crippen LogP contribution is 2.35. The third kappa shape index (κ3) is 7.14. The number of imidazole rings is 1. The van der Waals surface area contributed by atoms with Crippen molar-refractivity contribution in [3.63, 3.8) is 0 Å². The summed E-state index contributed by atoms with van der Waals surface area (Å²) in [7, 11) is 0. The van der Waals surface area contributed by atoms with Gasteiger partial charge in [-0.15, -0.1) is 0 Å². The van der Waals surface area contributed by atoms with Crippen LogP contribution in [0.4, 0.5) is 20.4 Å². The topological polar surface area (TPSA) is 91.7 Å². The molecule has 2 N–H and O–H groups in total. The second kappa shape index (κ2) is 13.4. The second-order valence-corrected chi connectivity index (χ2v) is 11.1. The van der Waals surface area contributed by atoms with Crippen LogP contribution in [0.5, 0.6) is 0 Å². The molecule has 11 heteroatoms. The number of aromatic nitrogens is 2. The summed E-state index contributed by atoms with van der Waals surface area (Å²) < 4.78 is 36.0. The molecule has 1 aromatic heterocycles. The minimum absolute atomic E-state index is 0.0989. The Hall–Kier alpha value is -3.83. The third-order valence-corrected chi connectivity index (χ3v) is 8.00. The molecule has 2 aliphatic heterocycles. The summed E-state index contributed by atoms with van der Waals surface area (Å²) in [5, 5.41) is 5.77. The van der Waals surface area contributed by atoms with Gasteiger partial charge in [-0.3, -0.25) is 14.9 Å². The fraction of sp³-hybridized carbons (Fsp3) is 0.452. The molecule has 0 bridgehead atoms. The van der Waals surface area contributed by atoms with E-state index in [1.54, 1.807) is 6.20 Å². The Kier molecular flexibility index (Phi) is 9.48.